The number of carbonyl (C=O) groups excluding carboxylic acids is 1. The number of amides is 1. The van der Waals surface area contributed by atoms with E-state index in [1.54, 1.807) is 0 Å². The Morgan fingerprint density at radius 3 is 2.50 bits per heavy atom. The first-order valence-electron chi connectivity index (χ1n) is 10.4. The monoisotopic (exact) mass is 401 g/mol. The van der Waals surface area contributed by atoms with E-state index >= 15 is 0 Å². The number of aryl methyl sites for hydroxylation is 2. The van der Waals surface area contributed by atoms with Gasteiger partial charge in [0.1, 0.15) is 0 Å². The van der Waals surface area contributed by atoms with Crippen LogP contribution in [-0.2, 0) is 24.2 Å². The number of ether oxygens (including phenoxy) is 2. The zero-order chi connectivity index (χ0) is 20.8. The third kappa shape index (κ3) is 5.01. The molecule has 0 spiro atoms. The molecular formula is C26H27NO3. The molecule has 1 aliphatic heterocycles. The average Bonchev–Trinajstić information content (AvgIpc) is 3.23. The lowest BCUT2D eigenvalue weighted by molar-refractivity contribution is -0.131. The summed E-state index contributed by atoms with van der Waals surface area (Å²) in [6, 6.07) is 24.4. The molecule has 4 heteroatoms. The third-order valence-electron chi connectivity index (χ3n) is 5.50. The van der Waals surface area contributed by atoms with Gasteiger partial charge in [-0.05, 0) is 54.2 Å². The zero-order valence-corrected chi connectivity index (χ0v) is 17.3. The van der Waals surface area contributed by atoms with Crippen LogP contribution in [0.1, 0.15) is 28.7 Å². The van der Waals surface area contributed by atoms with Gasteiger partial charge in [-0.2, -0.15) is 0 Å². The van der Waals surface area contributed by atoms with Gasteiger partial charge < -0.3 is 14.4 Å². The summed E-state index contributed by atoms with van der Waals surface area (Å²) < 4.78 is 10.8. The quantitative estimate of drug-likeness (QED) is 0.537. The maximum absolute atomic E-state index is 13.2. The molecule has 1 heterocycles. The number of hydrogen-bond acceptors (Lipinski definition) is 3. The Labute approximate surface area is 178 Å². The summed E-state index contributed by atoms with van der Waals surface area (Å²) in [6.45, 7) is 3.70. The van der Waals surface area contributed by atoms with Gasteiger partial charge >= 0.3 is 0 Å². The summed E-state index contributed by atoms with van der Waals surface area (Å²) in [5, 5.41) is 0. The van der Waals surface area contributed by atoms with Gasteiger partial charge in [0.05, 0.1) is 6.42 Å². The summed E-state index contributed by atoms with van der Waals surface area (Å²) in [6.07, 6.45) is 2.25. The first kappa shape index (κ1) is 20.0. The van der Waals surface area contributed by atoms with E-state index in [2.05, 4.69) is 43.3 Å². The highest BCUT2D eigenvalue weighted by molar-refractivity contribution is 5.79. The highest BCUT2D eigenvalue weighted by atomic mass is 16.7. The van der Waals surface area contributed by atoms with E-state index in [1.165, 1.54) is 16.7 Å². The molecule has 4 rings (SSSR count). The first-order chi connectivity index (χ1) is 14.7. The molecule has 3 aromatic carbocycles. The van der Waals surface area contributed by atoms with Gasteiger partial charge in [-0.3, -0.25) is 4.79 Å². The van der Waals surface area contributed by atoms with Crippen LogP contribution in [0, 0.1) is 6.92 Å². The van der Waals surface area contributed by atoms with Crippen LogP contribution >= 0.6 is 0 Å². The SMILES string of the molecule is Cc1ccccc1CN(CCCc1ccccc1)C(=O)Cc1ccc2c(c1)OCO2. The van der Waals surface area contributed by atoms with Gasteiger partial charge in [-0.25, -0.2) is 0 Å². The first-order valence-corrected chi connectivity index (χ1v) is 10.4. The Morgan fingerprint density at radius 2 is 1.67 bits per heavy atom. The molecule has 1 aliphatic rings. The molecule has 4 nitrogen and oxygen atoms in total. The van der Waals surface area contributed by atoms with Gasteiger partial charge in [0, 0.05) is 13.1 Å². The molecule has 0 fully saturated rings. The molecule has 3 aromatic rings. The van der Waals surface area contributed by atoms with E-state index in [4.69, 9.17) is 9.47 Å². The molecular weight excluding hydrogens is 374 g/mol. The number of carbonyl (C=O) groups is 1. The standard InChI is InChI=1S/C26H27NO3/c1-20-8-5-6-12-23(20)18-27(15-7-11-21-9-3-2-4-10-21)26(28)17-22-13-14-24-25(16-22)30-19-29-24/h2-6,8-10,12-14,16H,7,11,15,17-19H2,1H3. The van der Waals surface area contributed by atoms with E-state index in [-0.39, 0.29) is 12.7 Å². The second-order valence-corrected chi connectivity index (χ2v) is 7.70. The largest absolute Gasteiger partial charge is 0.454 e. The molecule has 0 aromatic heterocycles. The smallest absolute Gasteiger partial charge is 0.231 e. The fraction of sp³-hybridized carbons (Fsp3) is 0.269. The van der Waals surface area contributed by atoms with Crippen molar-refractivity contribution in [1.82, 2.24) is 4.90 Å². The minimum Gasteiger partial charge on any atom is -0.454 e. The van der Waals surface area contributed by atoms with Crippen LogP contribution in [0.15, 0.2) is 72.8 Å². The summed E-state index contributed by atoms with van der Waals surface area (Å²) in [5.41, 5.74) is 4.65. The van der Waals surface area contributed by atoms with Crippen molar-refractivity contribution in [2.45, 2.75) is 32.7 Å². The summed E-state index contributed by atoms with van der Waals surface area (Å²) in [5.74, 6) is 1.59. The lowest BCUT2D eigenvalue weighted by Crippen LogP contribution is -2.33. The summed E-state index contributed by atoms with van der Waals surface area (Å²) >= 11 is 0. The van der Waals surface area contributed by atoms with E-state index in [0.717, 1.165) is 36.4 Å². The van der Waals surface area contributed by atoms with Gasteiger partial charge in [-0.1, -0.05) is 60.7 Å². The molecule has 0 bridgehead atoms. The van der Waals surface area contributed by atoms with Crippen molar-refractivity contribution in [2.75, 3.05) is 13.3 Å². The fourth-order valence-electron chi connectivity index (χ4n) is 3.74. The van der Waals surface area contributed by atoms with E-state index in [0.29, 0.717) is 13.0 Å². The van der Waals surface area contributed by atoms with Gasteiger partial charge in [0.15, 0.2) is 11.5 Å². The van der Waals surface area contributed by atoms with Crippen molar-refractivity contribution < 1.29 is 14.3 Å². The molecule has 0 N–H and O–H groups in total. The van der Waals surface area contributed by atoms with E-state index in [9.17, 15) is 4.79 Å². The molecule has 30 heavy (non-hydrogen) atoms. The van der Waals surface area contributed by atoms with Crippen molar-refractivity contribution in [2.24, 2.45) is 0 Å². The summed E-state index contributed by atoms with van der Waals surface area (Å²) in [7, 11) is 0. The van der Waals surface area contributed by atoms with Crippen molar-refractivity contribution in [3.05, 3.63) is 95.1 Å². The van der Waals surface area contributed by atoms with Gasteiger partial charge in [0.2, 0.25) is 12.7 Å². The third-order valence-corrected chi connectivity index (χ3v) is 5.50. The minimum absolute atomic E-state index is 0.130. The van der Waals surface area contributed by atoms with Gasteiger partial charge in [-0.15, -0.1) is 0 Å². The number of nitrogens with zero attached hydrogens (tertiary/aromatic N) is 1. The molecule has 0 saturated carbocycles. The molecule has 0 radical (unpaired) electrons. The molecule has 0 unspecified atom stereocenters. The summed E-state index contributed by atoms with van der Waals surface area (Å²) in [4.78, 5) is 15.2. The second-order valence-electron chi connectivity index (χ2n) is 7.70. The second kappa shape index (κ2) is 9.49. The average molecular weight is 402 g/mol. The van der Waals surface area contributed by atoms with Crippen LogP contribution in [0.4, 0.5) is 0 Å². The molecule has 0 saturated heterocycles. The highest BCUT2D eigenvalue weighted by Crippen LogP contribution is 2.32. The van der Waals surface area contributed by atoms with Crippen LogP contribution in [0.25, 0.3) is 0 Å². The van der Waals surface area contributed by atoms with Crippen LogP contribution < -0.4 is 9.47 Å². The van der Waals surface area contributed by atoms with Gasteiger partial charge in [0.25, 0.3) is 0 Å². The molecule has 1 amide bonds. The normalized spacial score (nSPS) is 12.0. The Hall–Kier alpha value is -3.27. The number of rotatable bonds is 8. The fourth-order valence-corrected chi connectivity index (χ4v) is 3.74. The molecule has 154 valence electrons. The van der Waals surface area contributed by atoms with E-state index in [1.807, 2.05) is 41.3 Å². The van der Waals surface area contributed by atoms with E-state index < -0.39 is 0 Å². The number of fused-ring (bicyclic) bond motifs is 1. The van der Waals surface area contributed by atoms with Crippen LogP contribution in [0.3, 0.4) is 0 Å². The lowest BCUT2D eigenvalue weighted by atomic mass is 10.1. The maximum Gasteiger partial charge on any atom is 0.231 e. The van der Waals surface area contributed by atoms with Crippen LogP contribution in [0.5, 0.6) is 11.5 Å². The van der Waals surface area contributed by atoms with Crippen LogP contribution in [0.2, 0.25) is 0 Å². The zero-order valence-electron chi connectivity index (χ0n) is 17.3. The number of benzene rings is 3. The predicted octanol–water partition coefficient (Wildman–Crippen LogP) is 4.93. The number of hydrogen-bond donors (Lipinski definition) is 0. The molecule has 0 aliphatic carbocycles. The highest BCUT2D eigenvalue weighted by Gasteiger charge is 2.18. The Balaban J connectivity index is 1.45. The van der Waals surface area contributed by atoms with Crippen molar-refractivity contribution in [3.8, 4) is 11.5 Å². The maximum atomic E-state index is 13.2. The minimum atomic E-state index is 0.130. The predicted molar refractivity (Wildman–Crippen MR) is 118 cm³/mol. The van der Waals surface area contributed by atoms with Crippen molar-refractivity contribution >= 4 is 5.91 Å². The Kier molecular flexibility index (Phi) is 6.33. The van der Waals surface area contributed by atoms with Crippen LogP contribution in [-0.4, -0.2) is 24.1 Å². The topological polar surface area (TPSA) is 38.8 Å². The lowest BCUT2D eigenvalue weighted by Gasteiger charge is -2.24. The Morgan fingerprint density at radius 1 is 0.900 bits per heavy atom. The Bertz CT molecular complexity index is 1000. The van der Waals surface area contributed by atoms with Crippen molar-refractivity contribution in [1.29, 1.82) is 0 Å². The van der Waals surface area contributed by atoms with Crippen molar-refractivity contribution in [3.63, 3.8) is 0 Å². The molecule has 0 atom stereocenters.